The van der Waals surface area contributed by atoms with Gasteiger partial charge < -0.3 is 10.3 Å². The Morgan fingerprint density at radius 2 is 2.21 bits per heavy atom. The molecule has 2 N–H and O–H groups in total. The van der Waals surface area contributed by atoms with Crippen molar-refractivity contribution in [2.45, 2.75) is 13.5 Å². The molecule has 4 nitrogen and oxygen atoms in total. The second-order valence-corrected chi connectivity index (χ2v) is 3.22. The number of aryl methyl sites for hydroxylation is 1. The van der Waals surface area contributed by atoms with Gasteiger partial charge in [0.2, 0.25) is 0 Å². The van der Waals surface area contributed by atoms with E-state index in [9.17, 15) is 0 Å². The van der Waals surface area contributed by atoms with E-state index in [-0.39, 0.29) is 0 Å². The van der Waals surface area contributed by atoms with E-state index in [1.807, 2.05) is 29.8 Å². The van der Waals surface area contributed by atoms with Crippen LogP contribution in [0, 0.1) is 6.92 Å². The minimum Gasteiger partial charge on any atom is -0.369 e. The average molecular weight is 188 g/mol. The lowest BCUT2D eigenvalue weighted by Crippen LogP contribution is -2.03. The van der Waals surface area contributed by atoms with Gasteiger partial charge in [0.05, 0.1) is 6.54 Å². The van der Waals surface area contributed by atoms with Crippen molar-refractivity contribution in [3.8, 4) is 0 Å². The van der Waals surface area contributed by atoms with E-state index in [0.29, 0.717) is 5.95 Å². The number of pyridine rings is 1. The second-order valence-electron chi connectivity index (χ2n) is 3.22. The van der Waals surface area contributed by atoms with Crippen molar-refractivity contribution >= 4 is 5.95 Å². The minimum atomic E-state index is 0.541. The number of rotatable bonds is 2. The van der Waals surface area contributed by atoms with Crippen molar-refractivity contribution in [2.75, 3.05) is 5.73 Å². The monoisotopic (exact) mass is 188 g/mol. The SMILES string of the molecule is Cc1cc(Cn2ccnc2N)ccn1. The third-order valence-electron chi connectivity index (χ3n) is 2.06. The lowest BCUT2D eigenvalue weighted by atomic mass is 10.2. The van der Waals surface area contributed by atoms with Crippen molar-refractivity contribution in [3.05, 3.63) is 42.0 Å². The summed E-state index contributed by atoms with van der Waals surface area (Å²) in [7, 11) is 0. The summed E-state index contributed by atoms with van der Waals surface area (Å²) in [4.78, 5) is 8.10. The fourth-order valence-corrected chi connectivity index (χ4v) is 1.37. The molecule has 0 bridgehead atoms. The summed E-state index contributed by atoms with van der Waals surface area (Å²) in [6.45, 7) is 2.72. The molecule has 14 heavy (non-hydrogen) atoms. The van der Waals surface area contributed by atoms with Gasteiger partial charge in [-0.15, -0.1) is 0 Å². The Morgan fingerprint density at radius 1 is 1.36 bits per heavy atom. The third kappa shape index (κ3) is 1.74. The van der Waals surface area contributed by atoms with Crippen LogP contribution < -0.4 is 5.73 Å². The zero-order valence-corrected chi connectivity index (χ0v) is 8.01. The van der Waals surface area contributed by atoms with Crippen molar-refractivity contribution in [1.82, 2.24) is 14.5 Å². The van der Waals surface area contributed by atoms with Gasteiger partial charge in [0.25, 0.3) is 0 Å². The van der Waals surface area contributed by atoms with E-state index in [1.54, 1.807) is 12.4 Å². The molecule has 0 aliphatic carbocycles. The molecule has 0 unspecified atom stereocenters. The summed E-state index contributed by atoms with van der Waals surface area (Å²) in [6.07, 6.45) is 5.37. The molecule has 4 heteroatoms. The van der Waals surface area contributed by atoms with E-state index >= 15 is 0 Å². The van der Waals surface area contributed by atoms with Crippen LogP contribution >= 0.6 is 0 Å². The summed E-state index contributed by atoms with van der Waals surface area (Å²) in [5, 5.41) is 0. The number of anilines is 1. The van der Waals surface area contributed by atoms with Crippen molar-refractivity contribution in [2.24, 2.45) is 0 Å². The quantitative estimate of drug-likeness (QED) is 0.770. The molecule has 0 aliphatic rings. The molecule has 0 saturated heterocycles. The van der Waals surface area contributed by atoms with Crippen LogP contribution in [-0.2, 0) is 6.54 Å². The van der Waals surface area contributed by atoms with Gasteiger partial charge in [-0.2, -0.15) is 0 Å². The zero-order valence-electron chi connectivity index (χ0n) is 8.01. The maximum absolute atomic E-state index is 5.66. The predicted molar refractivity (Wildman–Crippen MR) is 54.7 cm³/mol. The van der Waals surface area contributed by atoms with Gasteiger partial charge >= 0.3 is 0 Å². The molecular formula is C10H12N4. The number of hydrogen-bond donors (Lipinski definition) is 1. The molecule has 2 heterocycles. The van der Waals surface area contributed by atoms with Crippen molar-refractivity contribution in [1.29, 1.82) is 0 Å². The summed E-state index contributed by atoms with van der Waals surface area (Å²) in [6, 6.07) is 4.02. The summed E-state index contributed by atoms with van der Waals surface area (Å²) >= 11 is 0. The number of nitrogens with two attached hydrogens (primary N) is 1. The Hall–Kier alpha value is -1.84. The maximum Gasteiger partial charge on any atom is 0.200 e. The van der Waals surface area contributed by atoms with Crippen LogP contribution in [0.15, 0.2) is 30.7 Å². The molecule has 0 atom stereocenters. The predicted octanol–water partition coefficient (Wildman–Crippen LogP) is 1.22. The van der Waals surface area contributed by atoms with Crippen LogP contribution in [0.5, 0.6) is 0 Å². The Morgan fingerprint density at radius 3 is 2.86 bits per heavy atom. The average Bonchev–Trinajstić information content (AvgIpc) is 2.52. The van der Waals surface area contributed by atoms with Gasteiger partial charge in [-0.25, -0.2) is 4.98 Å². The highest BCUT2D eigenvalue weighted by molar-refractivity contribution is 5.22. The number of nitrogens with zero attached hydrogens (tertiary/aromatic N) is 3. The van der Waals surface area contributed by atoms with E-state index in [2.05, 4.69) is 9.97 Å². The summed E-state index contributed by atoms with van der Waals surface area (Å²) in [5.41, 5.74) is 7.86. The normalized spacial score (nSPS) is 10.4. The summed E-state index contributed by atoms with van der Waals surface area (Å²) in [5.74, 6) is 0.541. The van der Waals surface area contributed by atoms with E-state index in [1.165, 1.54) is 5.56 Å². The molecule has 2 aromatic rings. The molecular weight excluding hydrogens is 176 g/mol. The number of hydrogen-bond acceptors (Lipinski definition) is 3. The zero-order chi connectivity index (χ0) is 9.97. The number of imidazole rings is 1. The largest absolute Gasteiger partial charge is 0.369 e. The Labute approximate surface area is 82.4 Å². The van der Waals surface area contributed by atoms with Crippen LogP contribution in [0.2, 0.25) is 0 Å². The molecule has 0 radical (unpaired) electrons. The van der Waals surface area contributed by atoms with Crippen LogP contribution in [0.3, 0.4) is 0 Å². The Kier molecular flexibility index (Phi) is 2.18. The minimum absolute atomic E-state index is 0.541. The fraction of sp³-hybridized carbons (Fsp3) is 0.200. The summed E-state index contributed by atoms with van der Waals surface area (Å²) < 4.78 is 1.90. The van der Waals surface area contributed by atoms with Crippen molar-refractivity contribution < 1.29 is 0 Å². The number of aromatic nitrogens is 3. The van der Waals surface area contributed by atoms with E-state index in [4.69, 9.17) is 5.73 Å². The van der Waals surface area contributed by atoms with Crippen LogP contribution in [0.4, 0.5) is 5.95 Å². The lowest BCUT2D eigenvalue weighted by molar-refractivity contribution is 0.807. The molecule has 2 rings (SSSR count). The van der Waals surface area contributed by atoms with Crippen molar-refractivity contribution in [3.63, 3.8) is 0 Å². The molecule has 72 valence electrons. The molecule has 0 aliphatic heterocycles. The van der Waals surface area contributed by atoms with E-state index < -0.39 is 0 Å². The highest BCUT2D eigenvalue weighted by Crippen LogP contribution is 2.06. The second kappa shape index (κ2) is 3.49. The van der Waals surface area contributed by atoms with Gasteiger partial charge in [0.1, 0.15) is 0 Å². The first kappa shape index (κ1) is 8.74. The van der Waals surface area contributed by atoms with Gasteiger partial charge in [-0.1, -0.05) is 0 Å². The lowest BCUT2D eigenvalue weighted by Gasteiger charge is -2.04. The van der Waals surface area contributed by atoms with Gasteiger partial charge in [-0.3, -0.25) is 4.98 Å². The molecule has 2 aromatic heterocycles. The third-order valence-corrected chi connectivity index (χ3v) is 2.06. The standard InChI is InChI=1S/C10H12N4/c1-8-6-9(2-3-12-8)7-14-5-4-13-10(14)11/h2-6H,7H2,1H3,(H2,11,13). The smallest absolute Gasteiger partial charge is 0.200 e. The number of nitrogen functional groups attached to an aromatic ring is 1. The van der Waals surface area contributed by atoms with E-state index in [0.717, 1.165) is 12.2 Å². The molecule has 0 spiro atoms. The molecule has 0 amide bonds. The highest BCUT2D eigenvalue weighted by Gasteiger charge is 1.99. The first-order chi connectivity index (χ1) is 6.75. The molecule has 0 saturated carbocycles. The molecule has 0 aromatic carbocycles. The Bertz CT molecular complexity index is 433. The first-order valence-corrected chi connectivity index (χ1v) is 4.44. The fourth-order valence-electron chi connectivity index (χ4n) is 1.37. The maximum atomic E-state index is 5.66. The highest BCUT2D eigenvalue weighted by atomic mass is 15.1. The van der Waals surface area contributed by atoms with Crippen LogP contribution in [-0.4, -0.2) is 14.5 Å². The Balaban J connectivity index is 2.23. The molecule has 0 fully saturated rings. The van der Waals surface area contributed by atoms with Gasteiger partial charge in [-0.05, 0) is 24.6 Å². The van der Waals surface area contributed by atoms with Crippen LogP contribution in [0.1, 0.15) is 11.3 Å². The van der Waals surface area contributed by atoms with Gasteiger partial charge in [0.15, 0.2) is 5.95 Å². The first-order valence-electron chi connectivity index (χ1n) is 4.44. The van der Waals surface area contributed by atoms with Gasteiger partial charge in [0, 0.05) is 24.3 Å². The van der Waals surface area contributed by atoms with Crippen LogP contribution in [0.25, 0.3) is 0 Å². The topological polar surface area (TPSA) is 56.7 Å².